The van der Waals surface area contributed by atoms with Crippen LogP contribution in [0.25, 0.3) is 44.1 Å². The standard InChI is InChI=1S/C35H35N3O3.C26H24N2O4.C9H13N/c1-5-31(26-11-7-6-8-12-26)37-33(39)27-19-20-32-28(21-27)22-36-38(32)23-24-15-17-25(18-16-24)29-13-9-10-14-30(29)34(40)41-35(2,3)4;1-26(2,3)32-25(31)22-7-5-4-6-21(22)18-10-8-17(9-11-18)16-28-23-13-12-19(24(29)30)14-20(23)15-27-28;1-2-9(10)8-6-4-3-5-7-8/h6-22,31H,5,23H2,1-4H3,(H,37,39);4-15H,16H2,1-3H3,(H,29,30);3-7,9H,2,10H2,1H3. The molecule has 2 unspecified atom stereocenters. The number of benzene rings is 8. The molecule has 0 bridgehead atoms. The molecular weight excluding hydrogens is 1040 g/mol. The van der Waals surface area contributed by atoms with Gasteiger partial charge in [-0.05, 0) is 147 Å². The lowest BCUT2D eigenvalue weighted by atomic mass is 9.98. The lowest BCUT2D eigenvalue weighted by molar-refractivity contribution is 0.00578. The number of fused-ring (bicyclic) bond motifs is 2. The largest absolute Gasteiger partial charge is 0.478 e. The number of rotatable bonds is 15. The minimum Gasteiger partial charge on any atom is -0.478 e. The fourth-order valence-electron chi connectivity index (χ4n) is 9.40. The summed E-state index contributed by atoms with van der Waals surface area (Å²) in [6.07, 6.45) is 5.28. The third kappa shape index (κ3) is 15.9. The lowest BCUT2D eigenvalue weighted by Gasteiger charge is -2.20. The minimum absolute atomic E-state index is 0.0406. The first-order valence-corrected chi connectivity index (χ1v) is 27.9. The number of amides is 1. The molecular formula is C70H72N6O7. The van der Waals surface area contributed by atoms with Crippen molar-refractivity contribution >= 4 is 45.6 Å². The monoisotopic (exact) mass is 1110 g/mol. The van der Waals surface area contributed by atoms with Gasteiger partial charge in [0, 0.05) is 22.4 Å². The van der Waals surface area contributed by atoms with Crippen LogP contribution in [-0.4, -0.2) is 59.7 Å². The topological polar surface area (TPSA) is 181 Å². The third-order valence-electron chi connectivity index (χ3n) is 13.7. The van der Waals surface area contributed by atoms with E-state index in [2.05, 4.69) is 41.5 Å². The van der Waals surface area contributed by atoms with Crippen LogP contribution in [0.4, 0.5) is 0 Å². The van der Waals surface area contributed by atoms with Gasteiger partial charge in [-0.25, -0.2) is 14.4 Å². The van der Waals surface area contributed by atoms with Crippen molar-refractivity contribution in [1.29, 1.82) is 0 Å². The van der Waals surface area contributed by atoms with Crippen LogP contribution in [0.3, 0.4) is 0 Å². The molecule has 0 saturated carbocycles. The Hall–Kier alpha value is -9.46. The first-order chi connectivity index (χ1) is 39.8. The SMILES string of the molecule is CC(C)(C)OC(=O)c1ccccc1-c1ccc(Cn2ncc3cc(C(=O)O)ccc32)cc1.CCC(N)c1ccccc1.CCC(NC(=O)c1ccc2c(cnn2Cc2ccc(-c3ccccc3C(=O)OC(C)(C)C)cc2)c1)c1ccccc1. The van der Waals surface area contributed by atoms with E-state index in [0.29, 0.717) is 29.8 Å². The first-order valence-electron chi connectivity index (χ1n) is 27.9. The molecule has 83 heavy (non-hydrogen) atoms. The Morgan fingerprint density at radius 3 is 1.35 bits per heavy atom. The van der Waals surface area contributed by atoms with Crippen molar-refractivity contribution in [3.8, 4) is 22.3 Å². The number of esters is 2. The zero-order valence-corrected chi connectivity index (χ0v) is 48.4. The second-order valence-electron chi connectivity index (χ2n) is 22.2. The van der Waals surface area contributed by atoms with Gasteiger partial charge >= 0.3 is 17.9 Å². The molecule has 0 spiro atoms. The van der Waals surface area contributed by atoms with Crippen molar-refractivity contribution < 1.29 is 33.8 Å². The van der Waals surface area contributed by atoms with Crippen LogP contribution in [0.15, 0.2) is 207 Å². The van der Waals surface area contributed by atoms with E-state index in [1.807, 2.05) is 203 Å². The normalized spacial score (nSPS) is 12.0. The van der Waals surface area contributed by atoms with Crippen LogP contribution in [0, 0.1) is 0 Å². The molecule has 13 nitrogen and oxygen atoms in total. The zero-order chi connectivity index (χ0) is 59.3. The molecule has 0 fully saturated rings. The van der Waals surface area contributed by atoms with Gasteiger partial charge in [-0.15, -0.1) is 0 Å². The Kier molecular flexibility index (Phi) is 19.3. The average Bonchev–Trinajstić information content (AvgIpc) is 4.24. The molecule has 0 aliphatic rings. The Bertz CT molecular complexity index is 3820. The second-order valence-corrected chi connectivity index (χ2v) is 22.2. The number of nitrogens with zero attached hydrogens (tertiary/aromatic N) is 4. The van der Waals surface area contributed by atoms with E-state index in [-0.39, 0.29) is 35.5 Å². The van der Waals surface area contributed by atoms with Crippen LogP contribution >= 0.6 is 0 Å². The minimum atomic E-state index is -0.957. The molecule has 2 heterocycles. The third-order valence-corrected chi connectivity index (χ3v) is 13.7. The van der Waals surface area contributed by atoms with E-state index >= 15 is 0 Å². The van der Waals surface area contributed by atoms with E-state index in [9.17, 15) is 19.2 Å². The number of hydrogen-bond donors (Lipinski definition) is 3. The summed E-state index contributed by atoms with van der Waals surface area (Å²) in [7, 11) is 0. The highest BCUT2D eigenvalue weighted by atomic mass is 16.6. The molecule has 10 rings (SSSR count). The van der Waals surface area contributed by atoms with E-state index in [0.717, 1.165) is 73.6 Å². The van der Waals surface area contributed by atoms with Gasteiger partial charge in [0.15, 0.2) is 0 Å². The van der Waals surface area contributed by atoms with Crippen LogP contribution < -0.4 is 11.1 Å². The number of carbonyl (C=O) groups is 4. The van der Waals surface area contributed by atoms with Crippen molar-refractivity contribution in [2.24, 2.45) is 5.73 Å². The summed E-state index contributed by atoms with van der Waals surface area (Å²) in [5.74, 6) is -1.74. The van der Waals surface area contributed by atoms with Crippen LogP contribution in [0.2, 0.25) is 0 Å². The summed E-state index contributed by atoms with van der Waals surface area (Å²) in [4.78, 5) is 49.7. The molecule has 1 amide bonds. The molecule has 0 aliphatic carbocycles. The highest BCUT2D eigenvalue weighted by molar-refractivity contribution is 5.99. The molecule has 10 aromatic rings. The van der Waals surface area contributed by atoms with Gasteiger partial charge in [-0.3, -0.25) is 14.2 Å². The van der Waals surface area contributed by atoms with Crippen molar-refractivity contribution in [3.63, 3.8) is 0 Å². The highest BCUT2D eigenvalue weighted by Crippen LogP contribution is 2.29. The lowest BCUT2D eigenvalue weighted by Crippen LogP contribution is -2.28. The van der Waals surface area contributed by atoms with Gasteiger partial charge < -0.3 is 25.6 Å². The quantitative estimate of drug-likeness (QED) is 0.0836. The molecule has 2 atom stereocenters. The van der Waals surface area contributed by atoms with Crippen LogP contribution in [0.1, 0.15) is 144 Å². The summed E-state index contributed by atoms with van der Waals surface area (Å²) in [6, 6.07) is 62.0. The number of carbonyl (C=O) groups excluding carboxylic acids is 3. The molecule has 0 aliphatic heterocycles. The summed E-state index contributed by atoms with van der Waals surface area (Å²) in [5.41, 5.74) is 16.4. The van der Waals surface area contributed by atoms with Crippen molar-refractivity contribution in [2.45, 2.75) is 105 Å². The number of aromatic nitrogens is 4. The summed E-state index contributed by atoms with van der Waals surface area (Å²) < 4.78 is 14.9. The number of ether oxygens (including phenoxy) is 2. The summed E-state index contributed by atoms with van der Waals surface area (Å²) in [6.45, 7) is 16.4. The molecule has 2 aromatic heterocycles. The van der Waals surface area contributed by atoms with Crippen LogP contribution in [-0.2, 0) is 22.6 Å². The van der Waals surface area contributed by atoms with Gasteiger partial charge in [0.1, 0.15) is 11.2 Å². The Morgan fingerprint density at radius 1 is 0.518 bits per heavy atom. The predicted octanol–water partition coefficient (Wildman–Crippen LogP) is 15.1. The number of nitrogens with one attached hydrogen (secondary N) is 1. The van der Waals surface area contributed by atoms with Gasteiger partial charge in [-0.1, -0.05) is 159 Å². The number of nitrogens with two attached hydrogens (primary N) is 1. The fourth-order valence-corrected chi connectivity index (χ4v) is 9.40. The Morgan fingerprint density at radius 2 is 0.928 bits per heavy atom. The van der Waals surface area contributed by atoms with E-state index < -0.39 is 17.2 Å². The summed E-state index contributed by atoms with van der Waals surface area (Å²) in [5, 5.41) is 23.0. The first kappa shape index (κ1) is 59.7. The van der Waals surface area contributed by atoms with Gasteiger partial charge in [0.25, 0.3) is 5.91 Å². The second kappa shape index (κ2) is 26.9. The predicted molar refractivity (Wildman–Crippen MR) is 329 cm³/mol. The van der Waals surface area contributed by atoms with E-state index in [1.54, 1.807) is 42.7 Å². The molecule has 424 valence electrons. The van der Waals surface area contributed by atoms with Gasteiger partial charge in [-0.2, -0.15) is 10.2 Å². The molecule has 8 aromatic carbocycles. The summed E-state index contributed by atoms with van der Waals surface area (Å²) >= 11 is 0. The maximum absolute atomic E-state index is 13.0. The Balaban J connectivity index is 0.000000189. The number of carboxylic acids is 1. The maximum Gasteiger partial charge on any atom is 0.339 e. The number of hydrogen-bond acceptors (Lipinski definition) is 9. The van der Waals surface area contributed by atoms with E-state index in [4.69, 9.17) is 20.3 Å². The molecule has 0 radical (unpaired) electrons. The van der Waals surface area contributed by atoms with Gasteiger partial charge in [0.05, 0.1) is 59.2 Å². The molecule has 0 saturated heterocycles. The smallest absolute Gasteiger partial charge is 0.339 e. The average molecular weight is 1110 g/mol. The Labute approximate surface area is 485 Å². The number of carboxylic acid groups (broad SMARTS) is 1. The van der Waals surface area contributed by atoms with Crippen molar-refractivity contribution in [3.05, 3.63) is 251 Å². The fraction of sp³-hybridized carbons (Fsp3) is 0.229. The van der Waals surface area contributed by atoms with Crippen LogP contribution in [0.5, 0.6) is 0 Å². The van der Waals surface area contributed by atoms with Gasteiger partial charge in [0.2, 0.25) is 0 Å². The van der Waals surface area contributed by atoms with Crippen molar-refractivity contribution in [1.82, 2.24) is 24.9 Å². The van der Waals surface area contributed by atoms with Crippen molar-refractivity contribution in [2.75, 3.05) is 0 Å². The van der Waals surface area contributed by atoms with E-state index in [1.165, 1.54) is 5.56 Å². The molecule has 13 heteroatoms. The number of aromatic carboxylic acids is 1. The maximum atomic E-state index is 13.0. The highest BCUT2D eigenvalue weighted by Gasteiger charge is 2.23. The zero-order valence-electron chi connectivity index (χ0n) is 48.4. The molecule has 4 N–H and O–H groups in total.